The van der Waals surface area contributed by atoms with Gasteiger partial charge >= 0.3 is 5.63 Å². The van der Waals surface area contributed by atoms with Gasteiger partial charge in [0.15, 0.2) is 5.58 Å². The van der Waals surface area contributed by atoms with Crippen LogP contribution in [0.2, 0.25) is 0 Å². The first-order valence-corrected chi connectivity index (χ1v) is 6.15. The van der Waals surface area contributed by atoms with E-state index in [2.05, 4.69) is 22.6 Å². The first-order valence-electron chi connectivity index (χ1n) is 5.07. The minimum absolute atomic E-state index is 0.335. The largest absolute Gasteiger partial charge is 0.492 e. The van der Waals surface area contributed by atoms with Gasteiger partial charge in [-0.15, -0.1) is 0 Å². The molecule has 3 nitrogen and oxygen atoms in total. The Morgan fingerprint density at radius 3 is 2.81 bits per heavy atom. The summed E-state index contributed by atoms with van der Waals surface area (Å²) in [5, 5.41) is 0.910. The quantitative estimate of drug-likeness (QED) is 0.641. The first-order chi connectivity index (χ1) is 7.72. The van der Waals surface area contributed by atoms with Crippen LogP contribution in [-0.4, -0.2) is 6.61 Å². The summed E-state index contributed by atoms with van der Waals surface area (Å²) in [7, 11) is 0. The Balaban J connectivity index is 2.54. The molecular formula is C12H11IO3. The van der Waals surface area contributed by atoms with Gasteiger partial charge in [-0.05, 0) is 47.2 Å². The van der Waals surface area contributed by atoms with Gasteiger partial charge in [-0.1, -0.05) is 6.92 Å². The monoisotopic (exact) mass is 330 g/mol. The Kier molecular flexibility index (Phi) is 3.48. The van der Waals surface area contributed by atoms with Crippen LogP contribution in [-0.2, 0) is 0 Å². The third kappa shape index (κ3) is 2.21. The molecule has 0 amide bonds. The summed E-state index contributed by atoms with van der Waals surface area (Å²) >= 11 is 2.14. The van der Waals surface area contributed by atoms with Crippen molar-refractivity contribution < 1.29 is 9.15 Å². The van der Waals surface area contributed by atoms with Gasteiger partial charge in [0.2, 0.25) is 0 Å². The van der Waals surface area contributed by atoms with Gasteiger partial charge in [0.05, 0.1) is 10.2 Å². The van der Waals surface area contributed by atoms with Crippen molar-refractivity contribution in [3.8, 4) is 5.75 Å². The van der Waals surface area contributed by atoms with E-state index in [-0.39, 0.29) is 5.63 Å². The Bertz CT molecular complexity index is 560. The summed E-state index contributed by atoms with van der Waals surface area (Å²) in [5.41, 5.74) is 0.264. The molecule has 2 aromatic rings. The summed E-state index contributed by atoms with van der Waals surface area (Å²) < 4.78 is 11.6. The third-order valence-corrected chi connectivity index (χ3v) is 3.18. The molecule has 0 bridgehead atoms. The maximum absolute atomic E-state index is 11.2. The molecule has 0 aliphatic carbocycles. The Morgan fingerprint density at radius 1 is 1.31 bits per heavy atom. The van der Waals surface area contributed by atoms with E-state index in [0.29, 0.717) is 12.2 Å². The minimum Gasteiger partial charge on any atom is -0.492 e. The number of ether oxygens (including phenoxy) is 1. The molecule has 1 aromatic heterocycles. The van der Waals surface area contributed by atoms with Crippen LogP contribution in [0.4, 0.5) is 0 Å². The lowest BCUT2D eigenvalue weighted by molar-refractivity contribution is 0.315. The van der Waals surface area contributed by atoms with Crippen LogP contribution in [0.1, 0.15) is 13.3 Å². The van der Waals surface area contributed by atoms with Crippen LogP contribution >= 0.6 is 22.6 Å². The molecule has 84 valence electrons. The van der Waals surface area contributed by atoms with Crippen molar-refractivity contribution in [1.82, 2.24) is 0 Å². The summed E-state index contributed by atoms with van der Waals surface area (Å²) in [6.45, 7) is 2.71. The lowest BCUT2D eigenvalue weighted by Crippen LogP contribution is -1.99. The lowest BCUT2D eigenvalue weighted by Gasteiger charge is -2.08. The number of halogens is 1. The molecule has 2 rings (SSSR count). The van der Waals surface area contributed by atoms with Gasteiger partial charge in [0.25, 0.3) is 0 Å². The Morgan fingerprint density at radius 2 is 2.06 bits per heavy atom. The fourth-order valence-corrected chi connectivity index (χ4v) is 2.16. The van der Waals surface area contributed by atoms with Crippen molar-refractivity contribution in [2.24, 2.45) is 0 Å². The average molecular weight is 330 g/mol. The van der Waals surface area contributed by atoms with Crippen LogP contribution in [0.25, 0.3) is 11.0 Å². The van der Waals surface area contributed by atoms with E-state index in [1.807, 2.05) is 19.1 Å². The highest BCUT2D eigenvalue weighted by Gasteiger charge is 2.08. The summed E-state index contributed by atoms with van der Waals surface area (Å²) in [4.78, 5) is 11.2. The van der Waals surface area contributed by atoms with Gasteiger partial charge in [-0.25, -0.2) is 4.79 Å². The number of fused-ring (bicyclic) bond motifs is 1. The fourth-order valence-electron chi connectivity index (χ4n) is 1.40. The van der Waals surface area contributed by atoms with Crippen molar-refractivity contribution in [3.63, 3.8) is 0 Å². The molecule has 0 saturated carbocycles. The normalized spacial score (nSPS) is 10.6. The van der Waals surface area contributed by atoms with Crippen LogP contribution in [0.15, 0.2) is 33.5 Å². The summed E-state index contributed by atoms with van der Waals surface area (Å²) in [6.07, 6.45) is 0.951. The van der Waals surface area contributed by atoms with Crippen molar-refractivity contribution in [2.75, 3.05) is 6.61 Å². The Hall–Kier alpha value is -1.04. The number of hydrogen-bond donors (Lipinski definition) is 0. The second-order valence-electron chi connectivity index (χ2n) is 3.40. The van der Waals surface area contributed by atoms with Gasteiger partial charge in [0.1, 0.15) is 5.75 Å². The first kappa shape index (κ1) is 11.4. The van der Waals surface area contributed by atoms with Crippen LogP contribution in [0.3, 0.4) is 0 Å². The second kappa shape index (κ2) is 4.86. The summed E-state index contributed by atoms with van der Waals surface area (Å²) in [5.74, 6) is 0.768. The molecule has 0 unspecified atom stereocenters. The fraction of sp³-hybridized carbons (Fsp3) is 0.250. The Labute approximate surface area is 107 Å². The van der Waals surface area contributed by atoms with Crippen molar-refractivity contribution in [3.05, 3.63) is 38.3 Å². The van der Waals surface area contributed by atoms with E-state index in [4.69, 9.17) is 9.15 Å². The SMILES string of the molecule is CCCOc1ccc2ccc(=O)oc2c1I. The zero-order valence-corrected chi connectivity index (χ0v) is 11.0. The number of hydrogen-bond acceptors (Lipinski definition) is 3. The molecule has 1 heterocycles. The highest BCUT2D eigenvalue weighted by molar-refractivity contribution is 14.1. The molecule has 0 aliphatic rings. The number of benzene rings is 1. The maximum Gasteiger partial charge on any atom is 0.336 e. The predicted octanol–water partition coefficient (Wildman–Crippen LogP) is 3.19. The highest BCUT2D eigenvalue weighted by Crippen LogP contribution is 2.28. The minimum atomic E-state index is -0.335. The molecule has 0 fully saturated rings. The topological polar surface area (TPSA) is 39.4 Å². The molecule has 16 heavy (non-hydrogen) atoms. The molecule has 0 N–H and O–H groups in total. The van der Waals surface area contributed by atoms with Crippen molar-refractivity contribution in [2.45, 2.75) is 13.3 Å². The van der Waals surface area contributed by atoms with Gasteiger partial charge in [0, 0.05) is 11.5 Å². The molecule has 1 aromatic carbocycles. The predicted molar refractivity (Wildman–Crippen MR) is 71.0 cm³/mol. The molecule has 0 spiro atoms. The maximum atomic E-state index is 11.2. The second-order valence-corrected chi connectivity index (χ2v) is 4.48. The van der Waals surface area contributed by atoms with E-state index in [0.717, 1.165) is 21.1 Å². The molecule has 4 heteroatoms. The van der Waals surface area contributed by atoms with E-state index >= 15 is 0 Å². The van der Waals surface area contributed by atoms with Gasteiger partial charge in [-0.2, -0.15) is 0 Å². The summed E-state index contributed by atoms with van der Waals surface area (Å²) in [6, 6.07) is 6.98. The zero-order valence-electron chi connectivity index (χ0n) is 8.83. The average Bonchev–Trinajstić information content (AvgIpc) is 2.29. The van der Waals surface area contributed by atoms with Crippen molar-refractivity contribution in [1.29, 1.82) is 0 Å². The standard InChI is InChI=1S/C12H11IO3/c1-2-7-15-9-5-3-8-4-6-10(14)16-12(8)11(9)13/h3-6H,2,7H2,1H3. The molecule has 0 saturated heterocycles. The highest BCUT2D eigenvalue weighted by atomic mass is 127. The zero-order chi connectivity index (χ0) is 11.5. The van der Waals surface area contributed by atoms with Crippen LogP contribution < -0.4 is 10.4 Å². The third-order valence-electron chi connectivity index (χ3n) is 2.16. The van der Waals surface area contributed by atoms with E-state index in [9.17, 15) is 4.79 Å². The number of rotatable bonds is 3. The van der Waals surface area contributed by atoms with Gasteiger partial charge in [-0.3, -0.25) is 0 Å². The van der Waals surface area contributed by atoms with Crippen LogP contribution in [0.5, 0.6) is 5.75 Å². The van der Waals surface area contributed by atoms with E-state index in [1.54, 1.807) is 6.07 Å². The molecule has 0 aliphatic heterocycles. The smallest absolute Gasteiger partial charge is 0.336 e. The molecular weight excluding hydrogens is 319 g/mol. The molecule has 0 atom stereocenters. The van der Waals surface area contributed by atoms with E-state index < -0.39 is 0 Å². The van der Waals surface area contributed by atoms with Crippen LogP contribution in [0, 0.1) is 3.57 Å². The van der Waals surface area contributed by atoms with Gasteiger partial charge < -0.3 is 9.15 Å². The molecule has 0 radical (unpaired) electrons. The van der Waals surface area contributed by atoms with Crippen molar-refractivity contribution >= 4 is 33.6 Å². The lowest BCUT2D eigenvalue weighted by atomic mass is 10.2. The van der Waals surface area contributed by atoms with E-state index in [1.165, 1.54) is 6.07 Å².